The summed E-state index contributed by atoms with van der Waals surface area (Å²) in [4.78, 5) is 36.3. The van der Waals surface area contributed by atoms with Gasteiger partial charge in [0.15, 0.2) is 0 Å². The molecule has 1 aliphatic rings. The molecule has 140 valence electrons. The van der Waals surface area contributed by atoms with Crippen LogP contribution in [0.15, 0.2) is 42.5 Å². The predicted octanol–water partition coefficient (Wildman–Crippen LogP) is 3.65. The summed E-state index contributed by atoms with van der Waals surface area (Å²) in [7, 11) is 1.30. The van der Waals surface area contributed by atoms with Crippen molar-refractivity contribution in [2.45, 2.75) is 13.3 Å². The molecule has 0 aliphatic heterocycles. The zero-order valence-corrected chi connectivity index (χ0v) is 15.7. The molecular weight excluding hydrogens is 368 g/mol. The lowest BCUT2D eigenvalue weighted by Gasteiger charge is -2.09. The lowest BCUT2D eigenvalue weighted by atomic mass is 10.2. The molecule has 0 aromatic heterocycles. The highest BCUT2D eigenvalue weighted by Crippen LogP contribution is 2.40. The van der Waals surface area contributed by atoms with E-state index in [-0.39, 0.29) is 23.7 Å². The van der Waals surface area contributed by atoms with E-state index in [0.717, 1.165) is 5.56 Å². The second-order valence-electron chi connectivity index (χ2n) is 6.46. The fourth-order valence-electron chi connectivity index (χ4n) is 2.84. The molecule has 2 amide bonds. The second kappa shape index (κ2) is 7.80. The van der Waals surface area contributed by atoms with Crippen LogP contribution >= 0.6 is 11.6 Å². The summed E-state index contributed by atoms with van der Waals surface area (Å²) in [6.45, 7) is 1.85. The van der Waals surface area contributed by atoms with Gasteiger partial charge in [0.25, 0.3) is 0 Å². The highest BCUT2D eigenvalue weighted by atomic mass is 35.5. The van der Waals surface area contributed by atoms with Crippen LogP contribution in [0.2, 0.25) is 5.02 Å². The summed E-state index contributed by atoms with van der Waals surface area (Å²) in [6.07, 6.45) is 0.487. The largest absolute Gasteiger partial charge is 0.465 e. The number of halogens is 1. The molecule has 2 aromatic carbocycles. The number of hydrogen-bond donors (Lipinski definition) is 2. The number of aryl methyl sites for hydroxylation is 1. The summed E-state index contributed by atoms with van der Waals surface area (Å²) in [5, 5.41) is 6.19. The number of nitrogens with one attached hydrogen (secondary N) is 2. The molecule has 0 saturated heterocycles. The average molecular weight is 387 g/mol. The lowest BCUT2D eigenvalue weighted by molar-refractivity contribution is -0.122. The van der Waals surface area contributed by atoms with Gasteiger partial charge < -0.3 is 15.4 Å². The second-order valence-corrected chi connectivity index (χ2v) is 6.90. The van der Waals surface area contributed by atoms with Crippen LogP contribution in [0, 0.1) is 18.8 Å². The van der Waals surface area contributed by atoms with Crippen molar-refractivity contribution in [1.82, 2.24) is 0 Å². The number of carbonyl (C=O) groups is 3. The van der Waals surface area contributed by atoms with Gasteiger partial charge in [0, 0.05) is 16.4 Å². The molecule has 1 aliphatic carbocycles. The number of hydrogen-bond acceptors (Lipinski definition) is 4. The Labute approximate surface area is 161 Å². The minimum Gasteiger partial charge on any atom is -0.465 e. The van der Waals surface area contributed by atoms with Crippen LogP contribution in [0.5, 0.6) is 0 Å². The first-order valence-corrected chi connectivity index (χ1v) is 8.83. The number of benzene rings is 2. The monoisotopic (exact) mass is 386 g/mol. The molecule has 0 heterocycles. The smallest absolute Gasteiger partial charge is 0.337 e. The Hall–Kier alpha value is -2.86. The SMILES string of the molecule is COC(=O)c1cccc(NC(=O)C2CC2C(=O)Nc2ccc(Cl)cc2C)c1. The minimum atomic E-state index is -0.479. The van der Waals surface area contributed by atoms with Crippen molar-refractivity contribution in [3.63, 3.8) is 0 Å². The van der Waals surface area contributed by atoms with E-state index in [1.54, 1.807) is 36.4 Å². The quantitative estimate of drug-likeness (QED) is 0.768. The summed E-state index contributed by atoms with van der Waals surface area (Å²) < 4.78 is 4.67. The van der Waals surface area contributed by atoms with Gasteiger partial charge in [-0.1, -0.05) is 17.7 Å². The van der Waals surface area contributed by atoms with Crippen LogP contribution in [0.3, 0.4) is 0 Å². The normalized spacial score (nSPS) is 17.7. The summed E-state index contributed by atoms with van der Waals surface area (Å²) in [5.74, 6) is -1.68. The number of ether oxygens (including phenoxy) is 1. The van der Waals surface area contributed by atoms with E-state index in [9.17, 15) is 14.4 Å². The van der Waals surface area contributed by atoms with Crippen molar-refractivity contribution < 1.29 is 19.1 Å². The van der Waals surface area contributed by atoms with Crippen LogP contribution in [-0.4, -0.2) is 24.9 Å². The zero-order chi connectivity index (χ0) is 19.6. The van der Waals surface area contributed by atoms with Crippen LogP contribution in [0.1, 0.15) is 22.3 Å². The third-order valence-corrected chi connectivity index (χ3v) is 4.70. The van der Waals surface area contributed by atoms with Gasteiger partial charge in [-0.15, -0.1) is 0 Å². The number of carbonyl (C=O) groups excluding carboxylic acids is 3. The van der Waals surface area contributed by atoms with E-state index in [4.69, 9.17) is 11.6 Å². The van der Waals surface area contributed by atoms with Gasteiger partial charge in [0.1, 0.15) is 0 Å². The fraction of sp³-hybridized carbons (Fsp3) is 0.250. The maximum Gasteiger partial charge on any atom is 0.337 e. The molecule has 2 unspecified atom stereocenters. The Bertz CT molecular complexity index is 913. The number of anilines is 2. The Morgan fingerprint density at radius 2 is 1.74 bits per heavy atom. The first-order chi connectivity index (χ1) is 12.9. The molecule has 0 radical (unpaired) electrons. The molecule has 2 atom stereocenters. The van der Waals surface area contributed by atoms with Crippen LogP contribution in [-0.2, 0) is 14.3 Å². The van der Waals surface area contributed by atoms with E-state index >= 15 is 0 Å². The first kappa shape index (κ1) is 18.9. The van der Waals surface area contributed by atoms with Crippen molar-refractivity contribution in [2.75, 3.05) is 17.7 Å². The molecule has 6 nitrogen and oxygen atoms in total. The van der Waals surface area contributed by atoms with Gasteiger partial charge in [-0.05, 0) is 55.3 Å². The van der Waals surface area contributed by atoms with Gasteiger partial charge in [-0.3, -0.25) is 9.59 Å². The molecule has 1 saturated carbocycles. The van der Waals surface area contributed by atoms with E-state index in [1.807, 2.05) is 6.92 Å². The van der Waals surface area contributed by atoms with Crippen molar-refractivity contribution in [1.29, 1.82) is 0 Å². The van der Waals surface area contributed by atoms with Gasteiger partial charge in [0.2, 0.25) is 11.8 Å². The third-order valence-electron chi connectivity index (χ3n) is 4.46. The summed E-state index contributed by atoms with van der Waals surface area (Å²) in [6, 6.07) is 11.7. The van der Waals surface area contributed by atoms with E-state index in [1.165, 1.54) is 13.2 Å². The highest BCUT2D eigenvalue weighted by molar-refractivity contribution is 6.30. The summed E-state index contributed by atoms with van der Waals surface area (Å²) >= 11 is 5.92. The maximum absolute atomic E-state index is 12.4. The van der Waals surface area contributed by atoms with Gasteiger partial charge in [-0.2, -0.15) is 0 Å². The Morgan fingerprint density at radius 3 is 2.41 bits per heavy atom. The Kier molecular flexibility index (Phi) is 5.46. The number of rotatable bonds is 5. The van der Waals surface area contributed by atoms with Crippen LogP contribution in [0.25, 0.3) is 0 Å². The standard InChI is InChI=1S/C20H19ClN2O4/c1-11-8-13(21)6-7-17(11)23-19(25)16-10-15(16)18(24)22-14-5-3-4-12(9-14)20(26)27-2/h3-9,15-16H,10H2,1-2H3,(H,22,24)(H,23,25). The molecular formula is C20H19ClN2O4. The van der Waals surface area contributed by atoms with E-state index in [2.05, 4.69) is 15.4 Å². The van der Waals surface area contributed by atoms with Crippen molar-refractivity contribution in [3.05, 3.63) is 58.6 Å². The molecule has 27 heavy (non-hydrogen) atoms. The van der Waals surface area contributed by atoms with Crippen LogP contribution < -0.4 is 10.6 Å². The number of methoxy groups -OCH3 is 1. The van der Waals surface area contributed by atoms with Gasteiger partial charge in [0.05, 0.1) is 24.5 Å². The van der Waals surface area contributed by atoms with E-state index < -0.39 is 5.97 Å². The topological polar surface area (TPSA) is 84.5 Å². The Balaban J connectivity index is 1.58. The molecule has 0 spiro atoms. The molecule has 2 aromatic rings. The highest BCUT2D eigenvalue weighted by Gasteiger charge is 2.48. The fourth-order valence-corrected chi connectivity index (χ4v) is 3.07. The lowest BCUT2D eigenvalue weighted by Crippen LogP contribution is -2.21. The zero-order valence-electron chi connectivity index (χ0n) is 14.9. The number of amides is 2. The average Bonchev–Trinajstić information content (AvgIpc) is 3.44. The van der Waals surface area contributed by atoms with Crippen LogP contribution in [0.4, 0.5) is 11.4 Å². The maximum atomic E-state index is 12.4. The minimum absolute atomic E-state index is 0.191. The molecule has 1 fully saturated rings. The predicted molar refractivity (Wildman–Crippen MR) is 103 cm³/mol. The van der Waals surface area contributed by atoms with Gasteiger partial charge in [-0.25, -0.2) is 4.79 Å². The van der Waals surface area contributed by atoms with Crippen molar-refractivity contribution in [3.8, 4) is 0 Å². The van der Waals surface area contributed by atoms with Gasteiger partial charge >= 0.3 is 5.97 Å². The summed E-state index contributed by atoms with van der Waals surface area (Å²) in [5.41, 5.74) is 2.37. The molecule has 7 heteroatoms. The molecule has 2 N–H and O–H groups in total. The van der Waals surface area contributed by atoms with Crippen molar-refractivity contribution in [2.24, 2.45) is 11.8 Å². The number of esters is 1. The Morgan fingerprint density at radius 1 is 1.04 bits per heavy atom. The van der Waals surface area contributed by atoms with E-state index in [0.29, 0.717) is 28.4 Å². The van der Waals surface area contributed by atoms with Crippen molar-refractivity contribution >= 4 is 40.8 Å². The molecule has 0 bridgehead atoms. The third kappa shape index (κ3) is 4.46. The first-order valence-electron chi connectivity index (χ1n) is 8.45. The molecule has 3 rings (SSSR count).